The van der Waals surface area contributed by atoms with Gasteiger partial charge in [0, 0.05) is 5.92 Å². The third-order valence-electron chi connectivity index (χ3n) is 2.28. The Morgan fingerprint density at radius 3 is 2.90 bits per heavy atom. The molecule has 0 spiro atoms. The van der Waals surface area contributed by atoms with Crippen molar-refractivity contribution in [2.24, 2.45) is 5.92 Å². The minimum atomic E-state index is 0.744. The van der Waals surface area contributed by atoms with E-state index in [-0.39, 0.29) is 0 Å². The molecule has 52 valence electrons. The molecule has 0 fully saturated rings. The monoisotopic (exact) mass is 132 g/mol. The van der Waals surface area contributed by atoms with Gasteiger partial charge in [-0.15, -0.1) is 0 Å². The molecule has 0 radical (unpaired) electrons. The summed E-state index contributed by atoms with van der Waals surface area (Å²) >= 11 is 0. The van der Waals surface area contributed by atoms with Crippen molar-refractivity contribution in [2.45, 2.75) is 20.3 Å². The van der Waals surface area contributed by atoms with Crippen molar-refractivity contribution in [2.75, 3.05) is 0 Å². The number of hydrogen-bond acceptors (Lipinski definition) is 0. The number of fused-ring (bicyclic) bond motifs is 1. The van der Waals surface area contributed by atoms with Gasteiger partial charge in [0.25, 0.3) is 0 Å². The smallest absolute Gasteiger partial charge is 0.0194 e. The van der Waals surface area contributed by atoms with Crippen LogP contribution in [-0.2, 0) is 0 Å². The van der Waals surface area contributed by atoms with Crippen LogP contribution in [0.2, 0.25) is 0 Å². The largest absolute Gasteiger partial charge is 0.0728 e. The topological polar surface area (TPSA) is 0 Å². The van der Waals surface area contributed by atoms with Crippen LogP contribution in [-0.4, -0.2) is 0 Å². The van der Waals surface area contributed by atoms with Crippen molar-refractivity contribution in [1.82, 2.24) is 0 Å². The molecule has 10 heavy (non-hydrogen) atoms. The first-order valence-electron chi connectivity index (χ1n) is 3.82. The Morgan fingerprint density at radius 2 is 2.10 bits per heavy atom. The van der Waals surface area contributed by atoms with Crippen molar-refractivity contribution in [3.05, 3.63) is 34.9 Å². The van der Waals surface area contributed by atoms with Crippen LogP contribution in [0.4, 0.5) is 0 Å². The highest BCUT2D eigenvalue weighted by atomic mass is 14.3. The van der Waals surface area contributed by atoms with Gasteiger partial charge < -0.3 is 0 Å². The molecule has 2 rings (SSSR count). The van der Waals surface area contributed by atoms with Gasteiger partial charge in [0.1, 0.15) is 0 Å². The third kappa shape index (κ3) is 0.841. The van der Waals surface area contributed by atoms with E-state index in [9.17, 15) is 0 Å². The summed E-state index contributed by atoms with van der Waals surface area (Å²) in [6, 6.07) is 0. The molecule has 0 heterocycles. The zero-order valence-electron chi connectivity index (χ0n) is 6.52. The molecule has 0 aromatic rings. The first kappa shape index (κ1) is 5.96. The van der Waals surface area contributed by atoms with Crippen molar-refractivity contribution in [1.29, 1.82) is 0 Å². The van der Waals surface area contributed by atoms with Crippen molar-refractivity contribution in [3.8, 4) is 0 Å². The molecule has 0 amide bonds. The van der Waals surface area contributed by atoms with Gasteiger partial charge in [-0.05, 0) is 20.3 Å². The van der Waals surface area contributed by atoms with Gasteiger partial charge in [0.05, 0.1) is 0 Å². The summed E-state index contributed by atoms with van der Waals surface area (Å²) in [6.07, 6.45) is 8.06. The summed E-state index contributed by atoms with van der Waals surface area (Å²) in [6.45, 7) is 4.41. The lowest BCUT2D eigenvalue weighted by atomic mass is 10.1. The second-order valence-corrected chi connectivity index (χ2v) is 3.32. The van der Waals surface area contributed by atoms with E-state index in [1.54, 1.807) is 5.57 Å². The van der Waals surface area contributed by atoms with Crippen LogP contribution in [0.1, 0.15) is 20.3 Å². The molecule has 0 N–H and O–H groups in total. The summed E-state index contributed by atoms with van der Waals surface area (Å²) in [5, 5.41) is 0. The normalized spacial score (nSPS) is 29.4. The minimum Gasteiger partial charge on any atom is -0.0728 e. The van der Waals surface area contributed by atoms with Crippen LogP contribution in [0.25, 0.3) is 0 Å². The molecule has 0 saturated heterocycles. The Morgan fingerprint density at radius 1 is 1.30 bits per heavy atom. The molecule has 2 aliphatic carbocycles. The second kappa shape index (κ2) is 1.85. The third-order valence-corrected chi connectivity index (χ3v) is 2.28. The van der Waals surface area contributed by atoms with Gasteiger partial charge in [-0.2, -0.15) is 0 Å². The fourth-order valence-corrected chi connectivity index (χ4v) is 1.52. The zero-order valence-corrected chi connectivity index (χ0v) is 6.52. The van der Waals surface area contributed by atoms with Gasteiger partial charge in [0.2, 0.25) is 0 Å². The number of rotatable bonds is 0. The molecule has 0 aromatic heterocycles. The van der Waals surface area contributed by atoms with Crippen LogP contribution < -0.4 is 0 Å². The molecular weight excluding hydrogens is 120 g/mol. The standard InChI is InChI=1S/C10H12/c1-7-3-4-8(2)10-6-9(10)5-7/h3-4,6,10H,5H2,1-2H3. The van der Waals surface area contributed by atoms with E-state index in [2.05, 4.69) is 32.1 Å². The van der Waals surface area contributed by atoms with Gasteiger partial charge in [-0.25, -0.2) is 0 Å². The van der Waals surface area contributed by atoms with E-state index in [1.165, 1.54) is 17.6 Å². The Kier molecular flexibility index (Phi) is 1.10. The first-order chi connectivity index (χ1) is 4.77. The summed E-state index contributed by atoms with van der Waals surface area (Å²) in [5.74, 6) is 0.744. The molecule has 0 aromatic carbocycles. The van der Waals surface area contributed by atoms with Gasteiger partial charge in [0.15, 0.2) is 0 Å². The van der Waals surface area contributed by atoms with E-state index in [0.717, 1.165) is 5.92 Å². The molecule has 1 atom stereocenters. The maximum absolute atomic E-state index is 2.36. The lowest BCUT2D eigenvalue weighted by Crippen LogP contribution is -1.80. The quantitative estimate of drug-likeness (QED) is 0.444. The Bertz CT molecular complexity index is 251. The molecule has 0 heteroatoms. The SMILES string of the molecule is CC1=CC=C(C)C2C=C2C1. The van der Waals surface area contributed by atoms with Crippen LogP contribution in [0.5, 0.6) is 0 Å². The van der Waals surface area contributed by atoms with Crippen LogP contribution >= 0.6 is 0 Å². The van der Waals surface area contributed by atoms with Crippen LogP contribution in [0.15, 0.2) is 34.9 Å². The Labute approximate surface area is 61.9 Å². The lowest BCUT2D eigenvalue weighted by Gasteiger charge is -1.94. The zero-order chi connectivity index (χ0) is 7.14. The number of allylic oxidation sites excluding steroid dienone is 6. The molecule has 1 unspecified atom stereocenters. The maximum atomic E-state index is 2.36. The maximum Gasteiger partial charge on any atom is 0.0194 e. The Hall–Kier alpha value is -0.780. The van der Waals surface area contributed by atoms with Gasteiger partial charge >= 0.3 is 0 Å². The second-order valence-electron chi connectivity index (χ2n) is 3.32. The summed E-state index contributed by atoms with van der Waals surface area (Å²) in [4.78, 5) is 0. The molecule has 0 saturated carbocycles. The van der Waals surface area contributed by atoms with E-state index >= 15 is 0 Å². The van der Waals surface area contributed by atoms with Gasteiger partial charge in [-0.1, -0.05) is 34.9 Å². The van der Waals surface area contributed by atoms with Crippen molar-refractivity contribution in [3.63, 3.8) is 0 Å². The highest BCUT2D eigenvalue weighted by Crippen LogP contribution is 2.41. The van der Waals surface area contributed by atoms with Crippen LogP contribution in [0.3, 0.4) is 0 Å². The lowest BCUT2D eigenvalue weighted by molar-refractivity contribution is 1.01. The molecule has 2 aliphatic rings. The van der Waals surface area contributed by atoms with E-state index in [0.29, 0.717) is 0 Å². The van der Waals surface area contributed by atoms with E-state index in [4.69, 9.17) is 0 Å². The first-order valence-corrected chi connectivity index (χ1v) is 3.82. The molecule has 0 bridgehead atoms. The van der Waals surface area contributed by atoms with E-state index < -0.39 is 0 Å². The average Bonchev–Trinajstić information content (AvgIpc) is 2.60. The fourth-order valence-electron chi connectivity index (χ4n) is 1.52. The predicted molar refractivity (Wildman–Crippen MR) is 43.7 cm³/mol. The summed E-state index contributed by atoms with van der Waals surface area (Å²) in [5.41, 5.74) is 4.62. The minimum absolute atomic E-state index is 0.744. The van der Waals surface area contributed by atoms with Gasteiger partial charge in [-0.3, -0.25) is 0 Å². The average molecular weight is 132 g/mol. The van der Waals surface area contributed by atoms with E-state index in [1.807, 2.05) is 0 Å². The molecule has 0 nitrogen and oxygen atoms in total. The summed E-state index contributed by atoms with van der Waals surface area (Å²) in [7, 11) is 0. The van der Waals surface area contributed by atoms with Crippen molar-refractivity contribution < 1.29 is 0 Å². The Balaban J connectivity index is 2.28. The highest BCUT2D eigenvalue weighted by Gasteiger charge is 2.26. The highest BCUT2D eigenvalue weighted by molar-refractivity contribution is 5.45. The fraction of sp³-hybridized carbons (Fsp3) is 0.400. The predicted octanol–water partition coefficient (Wildman–Crippen LogP) is 2.84. The van der Waals surface area contributed by atoms with Crippen molar-refractivity contribution >= 4 is 0 Å². The molecular formula is C10H12. The van der Waals surface area contributed by atoms with Crippen LogP contribution in [0, 0.1) is 5.92 Å². The number of hydrogen-bond donors (Lipinski definition) is 0. The molecule has 0 aliphatic heterocycles. The summed E-state index contributed by atoms with van der Waals surface area (Å²) < 4.78 is 0.